The maximum Gasteiger partial charge on any atom is 0.341 e. The Morgan fingerprint density at radius 2 is 1.95 bits per heavy atom. The minimum atomic E-state index is -0.439. The average Bonchev–Trinajstić information content (AvgIpc) is 2.52. The lowest BCUT2D eigenvalue weighted by molar-refractivity contribution is -0.122. The van der Waals surface area contributed by atoms with Crippen LogP contribution in [0.3, 0.4) is 0 Å². The molecule has 122 valence electrons. The number of hydrogen-bond acceptors (Lipinski definition) is 5. The van der Waals surface area contributed by atoms with Crippen molar-refractivity contribution in [1.29, 1.82) is 0 Å². The summed E-state index contributed by atoms with van der Waals surface area (Å²) in [6.07, 6.45) is 3.12. The van der Waals surface area contributed by atoms with E-state index < -0.39 is 5.97 Å². The number of nitrogens with one attached hydrogen (secondary N) is 1. The number of unbranched alkanes of at least 4 members (excludes halogenated alkanes) is 2. The van der Waals surface area contributed by atoms with Crippen LogP contribution in [0.15, 0.2) is 24.3 Å². The van der Waals surface area contributed by atoms with Gasteiger partial charge in [0, 0.05) is 6.42 Å². The fraction of sp³-hybridized carbons (Fsp3) is 0.500. The second kappa shape index (κ2) is 10.6. The van der Waals surface area contributed by atoms with Crippen LogP contribution in [0.25, 0.3) is 0 Å². The Morgan fingerprint density at radius 1 is 1.18 bits per heavy atom. The van der Waals surface area contributed by atoms with Crippen molar-refractivity contribution < 1.29 is 19.1 Å². The summed E-state index contributed by atoms with van der Waals surface area (Å²) >= 11 is 0. The third kappa shape index (κ3) is 6.58. The molecule has 6 heteroatoms. The summed E-state index contributed by atoms with van der Waals surface area (Å²) in [7, 11) is 0. The van der Waals surface area contributed by atoms with Crippen molar-refractivity contribution in [1.82, 2.24) is 5.32 Å². The Labute approximate surface area is 131 Å². The Hall–Kier alpha value is -2.08. The maximum absolute atomic E-state index is 11.8. The molecule has 3 N–H and O–H groups in total. The van der Waals surface area contributed by atoms with Gasteiger partial charge in [-0.3, -0.25) is 4.79 Å². The third-order valence-electron chi connectivity index (χ3n) is 2.99. The molecule has 0 spiro atoms. The largest absolute Gasteiger partial charge is 0.472 e. The number of amides is 1. The van der Waals surface area contributed by atoms with Crippen LogP contribution in [-0.4, -0.2) is 31.8 Å². The van der Waals surface area contributed by atoms with Gasteiger partial charge >= 0.3 is 5.97 Å². The van der Waals surface area contributed by atoms with Crippen molar-refractivity contribution in [2.75, 3.05) is 19.9 Å². The minimum absolute atomic E-state index is 0.0200. The van der Waals surface area contributed by atoms with Crippen LogP contribution < -0.4 is 15.8 Å². The molecule has 0 atom stereocenters. The molecule has 1 amide bonds. The summed E-state index contributed by atoms with van der Waals surface area (Å²) < 4.78 is 10.4. The first-order chi connectivity index (χ1) is 10.7. The van der Waals surface area contributed by atoms with Gasteiger partial charge in [0.05, 0.1) is 6.61 Å². The van der Waals surface area contributed by atoms with Crippen LogP contribution >= 0.6 is 0 Å². The highest BCUT2D eigenvalue weighted by Gasteiger charge is 2.13. The van der Waals surface area contributed by atoms with Crippen molar-refractivity contribution in [2.45, 2.75) is 32.6 Å². The standard InChI is InChI=1S/C16H24N2O4/c1-2-21-16(20)13-8-5-6-9-14(13)22-12-18-15(19)10-4-3-7-11-17/h5-6,8-9H,2-4,7,10-12,17H2,1H3,(H,18,19). The first-order valence-corrected chi connectivity index (χ1v) is 7.54. The zero-order chi connectivity index (χ0) is 16.2. The number of hydrogen-bond donors (Lipinski definition) is 2. The highest BCUT2D eigenvalue weighted by molar-refractivity contribution is 5.92. The van der Waals surface area contributed by atoms with Crippen LogP contribution in [0, 0.1) is 0 Å². The predicted molar refractivity (Wildman–Crippen MR) is 83.6 cm³/mol. The maximum atomic E-state index is 11.8. The zero-order valence-corrected chi connectivity index (χ0v) is 13.0. The second-order valence-electron chi connectivity index (χ2n) is 4.70. The molecule has 0 aliphatic rings. The van der Waals surface area contributed by atoms with E-state index in [2.05, 4.69) is 5.32 Å². The summed E-state index contributed by atoms with van der Waals surface area (Å²) in [5.41, 5.74) is 5.74. The summed E-state index contributed by atoms with van der Waals surface area (Å²) in [5, 5.41) is 2.66. The molecule has 0 radical (unpaired) electrons. The second-order valence-corrected chi connectivity index (χ2v) is 4.70. The molecule has 0 aromatic heterocycles. The molecular weight excluding hydrogens is 284 g/mol. The van der Waals surface area contributed by atoms with Crippen molar-refractivity contribution >= 4 is 11.9 Å². The molecule has 0 fully saturated rings. The number of para-hydroxylation sites is 1. The SMILES string of the molecule is CCOC(=O)c1ccccc1OCNC(=O)CCCCCN. The third-order valence-corrected chi connectivity index (χ3v) is 2.99. The van der Waals surface area contributed by atoms with Gasteiger partial charge in [0.2, 0.25) is 5.91 Å². The Balaban J connectivity index is 2.38. The number of carbonyl (C=O) groups is 2. The Morgan fingerprint density at radius 3 is 2.68 bits per heavy atom. The number of rotatable bonds is 10. The first-order valence-electron chi connectivity index (χ1n) is 7.54. The van der Waals surface area contributed by atoms with Crippen LogP contribution in [0.5, 0.6) is 5.75 Å². The molecule has 0 unspecified atom stereocenters. The topological polar surface area (TPSA) is 90.6 Å². The lowest BCUT2D eigenvalue weighted by Crippen LogP contribution is -2.27. The van der Waals surface area contributed by atoms with Gasteiger partial charge in [0.15, 0.2) is 6.73 Å². The van der Waals surface area contributed by atoms with Gasteiger partial charge in [-0.1, -0.05) is 18.6 Å². The van der Waals surface area contributed by atoms with Crippen molar-refractivity contribution in [3.05, 3.63) is 29.8 Å². The van der Waals surface area contributed by atoms with E-state index in [1.807, 2.05) is 0 Å². The molecular formula is C16H24N2O4. The number of benzene rings is 1. The zero-order valence-electron chi connectivity index (χ0n) is 13.0. The van der Waals surface area contributed by atoms with E-state index in [9.17, 15) is 9.59 Å². The van der Waals surface area contributed by atoms with E-state index in [1.165, 1.54) is 0 Å². The summed E-state index contributed by atoms with van der Waals surface area (Å²) in [4.78, 5) is 23.4. The van der Waals surface area contributed by atoms with Gasteiger partial charge in [0.1, 0.15) is 11.3 Å². The fourth-order valence-electron chi connectivity index (χ4n) is 1.86. The molecule has 0 aliphatic carbocycles. The Bertz CT molecular complexity index is 477. The lowest BCUT2D eigenvalue weighted by Gasteiger charge is -2.11. The normalized spacial score (nSPS) is 10.1. The molecule has 0 heterocycles. The molecule has 1 aromatic carbocycles. The van der Waals surface area contributed by atoms with Crippen LogP contribution in [-0.2, 0) is 9.53 Å². The predicted octanol–water partition coefficient (Wildman–Crippen LogP) is 1.83. The average molecular weight is 308 g/mol. The molecule has 0 aliphatic heterocycles. The summed E-state index contributed by atoms with van der Waals surface area (Å²) in [5.74, 6) is -0.124. The fourth-order valence-corrected chi connectivity index (χ4v) is 1.86. The van der Waals surface area contributed by atoms with E-state index in [0.29, 0.717) is 30.9 Å². The molecule has 0 bridgehead atoms. The van der Waals surface area contributed by atoms with Crippen LogP contribution in [0.2, 0.25) is 0 Å². The smallest absolute Gasteiger partial charge is 0.341 e. The van der Waals surface area contributed by atoms with E-state index >= 15 is 0 Å². The van der Waals surface area contributed by atoms with Crippen molar-refractivity contribution in [3.8, 4) is 5.75 Å². The molecule has 1 aromatic rings. The van der Waals surface area contributed by atoms with Crippen LogP contribution in [0.1, 0.15) is 43.0 Å². The number of carbonyl (C=O) groups excluding carboxylic acids is 2. The Kier molecular flexibility index (Phi) is 8.67. The van der Waals surface area contributed by atoms with E-state index in [4.69, 9.17) is 15.2 Å². The van der Waals surface area contributed by atoms with Gasteiger partial charge < -0.3 is 20.5 Å². The quantitative estimate of drug-likeness (QED) is 0.391. The van der Waals surface area contributed by atoms with Gasteiger partial charge in [-0.2, -0.15) is 0 Å². The van der Waals surface area contributed by atoms with Crippen molar-refractivity contribution in [2.24, 2.45) is 5.73 Å². The molecule has 1 rings (SSSR count). The number of nitrogens with two attached hydrogens (primary N) is 1. The molecule has 0 saturated heterocycles. The minimum Gasteiger partial charge on any atom is -0.472 e. The van der Waals surface area contributed by atoms with Gasteiger partial charge in [-0.05, 0) is 38.4 Å². The van der Waals surface area contributed by atoms with E-state index in [-0.39, 0.29) is 12.6 Å². The van der Waals surface area contributed by atoms with Gasteiger partial charge in [-0.15, -0.1) is 0 Å². The monoisotopic (exact) mass is 308 g/mol. The highest BCUT2D eigenvalue weighted by Crippen LogP contribution is 2.18. The van der Waals surface area contributed by atoms with Gasteiger partial charge in [-0.25, -0.2) is 4.79 Å². The number of ether oxygens (including phenoxy) is 2. The van der Waals surface area contributed by atoms with Crippen molar-refractivity contribution in [3.63, 3.8) is 0 Å². The van der Waals surface area contributed by atoms with E-state index in [0.717, 1.165) is 19.3 Å². The van der Waals surface area contributed by atoms with E-state index in [1.54, 1.807) is 31.2 Å². The molecule has 0 saturated carbocycles. The summed E-state index contributed by atoms with van der Waals surface area (Å²) in [6, 6.07) is 6.78. The first kappa shape index (κ1) is 18.0. The highest BCUT2D eigenvalue weighted by atomic mass is 16.5. The van der Waals surface area contributed by atoms with Crippen LogP contribution in [0.4, 0.5) is 0 Å². The molecule has 22 heavy (non-hydrogen) atoms. The molecule has 6 nitrogen and oxygen atoms in total. The summed E-state index contributed by atoms with van der Waals surface area (Å²) in [6.45, 7) is 2.71. The number of esters is 1. The lowest BCUT2D eigenvalue weighted by atomic mass is 10.2. The van der Waals surface area contributed by atoms with Gasteiger partial charge in [0.25, 0.3) is 0 Å².